The predicted molar refractivity (Wildman–Crippen MR) is 269 cm³/mol. The molecule has 0 unspecified atom stereocenters. The molecule has 6 aromatic carbocycles. The average molecular weight is 1060 g/mol. The van der Waals surface area contributed by atoms with Crippen molar-refractivity contribution >= 4 is 32.8 Å². The molecule has 0 saturated heterocycles. The molecule has 10 rings (SSSR count). The first-order valence-corrected chi connectivity index (χ1v) is 22.2. The Balaban J connectivity index is 0.00000672. The zero-order valence-electron chi connectivity index (χ0n) is 46.1. The van der Waals surface area contributed by atoms with Gasteiger partial charge in [0.25, 0.3) is 6.33 Å². The molecule has 0 aliphatic heterocycles. The fraction of sp³-hybridized carbons (Fsp3) is 0.217. The molecule has 4 aromatic heterocycles. The fourth-order valence-corrected chi connectivity index (χ4v) is 8.53. The number of hydrogen-bond acceptors (Lipinski definition) is 3. The van der Waals surface area contributed by atoms with Gasteiger partial charge in [0.2, 0.25) is 0 Å². The van der Waals surface area contributed by atoms with Gasteiger partial charge in [-0.1, -0.05) is 183 Å². The number of nitrogens with zero attached hydrogens (tertiary/aromatic N) is 5. The van der Waals surface area contributed by atoms with Gasteiger partial charge in [-0.25, -0.2) is 4.98 Å². The van der Waals surface area contributed by atoms with Crippen molar-refractivity contribution in [1.82, 2.24) is 19.1 Å². The van der Waals surface area contributed by atoms with Gasteiger partial charge in [0, 0.05) is 47.0 Å². The van der Waals surface area contributed by atoms with Crippen LogP contribution in [0.15, 0.2) is 158 Å². The first-order valence-electron chi connectivity index (χ1n) is 25.7. The van der Waals surface area contributed by atoms with E-state index in [2.05, 4.69) is 83.2 Å². The van der Waals surface area contributed by atoms with Gasteiger partial charge in [-0.2, -0.15) is 6.07 Å². The molecule has 0 aliphatic carbocycles. The van der Waals surface area contributed by atoms with E-state index < -0.39 is 29.9 Å². The molecule has 0 saturated carbocycles. The summed E-state index contributed by atoms with van der Waals surface area (Å²) < 4.78 is 74.6. The van der Waals surface area contributed by atoms with Crippen LogP contribution in [0, 0.1) is 23.9 Å². The van der Waals surface area contributed by atoms with Crippen molar-refractivity contribution in [2.24, 2.45) is 5.41 Å². The molecule has 0 spiro atoms. The van der Waals surface area contributed by atoms with Crippen LogP contribution in [0.2, 0.25) is 0 Å². The molecule has 10 aromatic rings. The number of imidazole rings is 1. The molecule has 67 heavy (non-hydrogen) atoms. The maximum atomic E-state index is 9.19. The second-order valence-electron chi connectivity index (χ2n) is 19.9. The van der Waals surface area contributed by atoms with Gasteiger partial charge in [0.05, 0.1) is 23.6 Å². The number of pyridine rings is 2. The van der Waals surface area contributed by atoms with Crippen molar-refractivity contribution in [2.75, 3.05) is 0 Å². The van der Waals surface area contributed by atoms with Gasteiger partial charge in [-0.05, 0) is 97.0 Å². The number of para-hydroxylation sites is 4. The molecule has 0 N–H and O–H groups in total. The normalized spacial score (nSPS) is 13.9. The SMILES string of the molecule is [2H]c1c([2H])c([2H])c(-c2cccc(-c3cc(C(C)(C)C)cc(C(C)(C)C)c3)c2-[n+]2[c-]n(-c3[c-]c(Oc4[c-]c5c(cc4)c4ccccc4n5-c4cc(C([2H])([2H])C(C)(C)C)ccn4)cnc3)c3ccccc32)c([2H])c1[2H].[Pt]. The quantitative estimate of drug-likeness (QED) is 0.113. The smallest absolute Gasteiger partial charge is 0.268 e. The standard InChI is InChI=1S/C60H55N5O.Pt/c1-58(2,3)36-40-28-29-62-56(30-40)65-52-23-14-13-20-50(52)51-27-26-46(35-55(51)65)66-47-34-45(37-61-38-47)63-39-64(54-25-16-15-24-53(54)63)57-48(41-18-11-10-12-19-41)21-17-22-49(57)42-31-43(59(4,5)6)33-44(32-42)60(7,8)9;/h10-33,37-38H,36H2,1-9H3;/q-2;/i10D,11D,12D,18D,19D,36D2;. The molecule has 4 heterocycles. The molecular formula is C60H55N5OPt-2. The van der Waals surface area contributed by atoms with Crippen LogP contribution in [0.25, 0.3) is 72.3 Å². The summed E-state index contributed by atoms with van der Waals surface area (Å²) in [6.45, 7) is 18.8. The topological polar surface area (TPSA) is 48.8 Å². The summed E-state index contributed by atoms with van der Waals surface area (Å²) in [5.41, 5.74) is 8.05. The summed E-state index contributed by atoms with van der Waals surface area (Å²) in [6.07, 6.45) is 6.86. The van der Waals surface area contributed by atoms with E-state index in [4.69, 9.17) is 16.6 Å². The van der Waals surface area contributed by atoms with E-state index in [0.29, 0.717) is 45.3 Å². The second kappa shape index (κ2) is 17.6. The first-order chi connectivity index (χ1) is 34.4. The number of aromatic nitrogens is 5. The Morgan fingerprint density at radius 3 is 2.07 bits per heavy atom. The van der Waals surface area contributed by atoms with Crippen LogP contribution < -0.4 is 9.30 Å². The molecular weight excluding hydrogens is 1000 g/mol. The van der Waals surface area contributed by atoms with E-state index in [1.54, 1.807) is 24.7 Å². The summed E-state index contributed by atoms with van der Waals surface area (Å²) in [6, 6.07) is 40.5. The van der Waals surface area contributed by atoms with Crippen molar-refractivity contribution in [3.63, 3.8) is 0 Å². The maximum Gasteiger partial charge on any atom is 0.268 e. The monoisotopic (exact) mass is 1060 g/mol. The van der Waals surface area contributed by atoms with Crippen LogP contribution in [0.3, 0.4) is 0 Å². The largest absolute Gasteiger partial charge is 0.508 e. The predicted octanol–water partition coefficient (Wildman–Crippen LogP) is 14.5. The first kappa shape index (κ1) is 37.5. The summed E-state index contributed by atoms with van der Waals surface area (Å²) in [5.74, 6) is 1.26. The van der Waals surface area contributed by atoms with Crippen LogP contribution in [0.1, 0.15) is 88.6 Å². The van der Waals surface area contributed by atoms with Gasteiger partial charge < -0.3 is 18.9 Å². The van der Waals surface area contributed by atoms with E-state index in [1.165, 1.54) is 0 Å². The van der Waals surface area contributed by atoms with Gasteiger partial charge in [-0.15, -0.1) is 23.6 Å². The van der Waals surface area contributed by atoms with E-state index in [-0.39, 0.29) is 49.5 Å². The zero-order chi connectivity index (χ0) is 52.1. The Labute approximate surface area is 419 Å². The number of rotatable bonds is 8. The van der Waals surface area contributed by atoms with Crippen LogP contribution in [0.4, 0.5) is 0 Å². The van der Waals surface area contributed by atoms with Crippen LogP contribution in [-0.4, -0.2) is 19.1 Å². The molecule has 7 heteroatoms. The second-order valence-corrected chi connectivity index (χ2v) is 19.9. The minimum Gasteiger partial charge on any atom is -0.508 e. The molecule has 338 valence electrons. The third-order valence-electron chi connectivity index (χ3n) is 11.7. The Hall–Kier alpha value is -6.62. The summed E-state index contributed by atoms with van der Waals surface area (Å²) in [5, 5.41) is 1.91. The average Bonchev–Trinajstić information content (AvgIpc) is 3.90. The Bertz CT molecular complexity index is 3780. The molecule has 0 amide bonds. The van der Waals surface area contributed by atoms with Crippen molar-refractivity contribution in [2.45, 2.75) is 79.5 Å². The number of hydrogen-bond donors (Lipinski definition) is 0. The van der Waals surface area contributed by atoms with E-state index in [9.17, 15) is 2.74 Å². The minimum atomic E-state index is -1.64. The van der Waals surface area contributed by atoms with Crippen molar-refractivity contribution in [1.29, 1.82) is 0 Å². The molecule has 0 radical (unpaired) electrons. The van der Waals surface area contributed by atoms with Gasteiger partial charge in [0.15, 0.2) is 0 Å². The Morgan fingerprint density at radius 2 is 1.36 bits per heavy atom. The van der Waals surface area contributed by atoms with Gasteiger partial charge in [-0.3, -0.25) is 4.57 Å². The maximum absolute atomic E-state index is 9.19. The number of ether oxygens (including phenoxy) is 1. The van der Waals surface area contributed by atoms with E-state index in [1.807, 2.05) is 119 Å². The number of fused-ring (bicyclic) bond motifs is 4. The van der Waals surface area contributed by atoms with Crippen LogP contribution in [-0.2, 0) is 38.3 Å². The molecule has 0 bridgehead atoms. The third-order valence-corrected chi connectivity index (χ3v) is 11.7. The van der Waals surface area contributed by atoms with Crippen LogP contribution >= 0.6 is 0 Å². The van der Waals surface area contributed by atoms with Crippen molar-refractivity contribution in [3.8, 4) is 50.9 Å². The summed E-state index contributed by atoms with van der Waals surface area (Å²) in [7, 11) is 0. The van der Waals surface area contributed by atoms with E-state index in [0.717, 1.165) is 49.6 Å². The zero-order valence-corrected chi connectivity index (χ0v) is 41.4. The summed E-state index contributed by atoms with van der Waals surface area (Å²) >= 11 is 0. The fourth-order valence-electron chi connectivity index (χ4n) is 8.53. The number of benzene rings is 6. The molecule has 0 fully saturated rings. The molecule has 0 aliphatic rings. The van der Waals surface area contributed by atoms with Crippen LogP contribution in [0.5, 0.6) is 11.5 Å². The third kappa shape index (κ3) is 9.00. The Morgan fingerprint density at radius 1 is 0.672 bits per heavy atom. The molecule has 6 nitrogen and oxygen atoms in total. The van der Waals surface area contributed by atoms with Gasteiger partial charge >= 0.3 is 0 Å². The summed E-state index contributed by atoms with van der Waals surface area (Å²) in [4.78, 5) is 9.37. The Kier molecular flexibility index (Phi) is 9.81. The van der Waals surface area contributed by atoms with E-state index >= 15 is 0 Å². The van der Waals surface area contributed by atoms with Gasteiger partial charge in [0.1, 0.15) is 5.82 Å². The molecule has 0 atom stereocenters. The van der Waals surface area contributed by atoms with Crippen molar-refractivity contribution in [3.05, 3.63) is 193 Å². The minimum absolute atomic E-state index is 0. The van der Waals surface area contributed by atoms with Crippen molar-refractivity contribution < 1.29 is 40.0 Å².